The predicted octanol–water partition coefficient (Wildman–Crippen LogP) is 3.71. The summed E-state index contributed by atoms with van der Waals surface area (Å²) in [5, 5.41) is 13.2. The molecule has 0 bridgehead atoms. The maximum absolute atomic E-state index is 11.3. The highest BCUT2D eigenvalue weighted by molar-refractivity contribution is 8.02. The highest BCUT2D eigenvalue weighted by Crippen LogP contribution is 2.23. The van der Waals surface area contributed by atoms with Gasteiger partial charge in [0.25, 0.3) is 13.9 Å². The van der Waals surface area contributed by atoms with Gasteiger partial charge in [-0.3, -0.25) is 14.7 Å². The molecule has 20 heavy (non-hydrogen) atoms. The van der Waals surface area contributed by atoms with Gasteiger partial charge in [-0.15, -0.1) is 11.8 Å². The molecule has 1 aromatic carbocycles. The van der Waals surface area contributed by atoms with Crippen LogP contribution < -0.4 is 5.09 Å². The van der Waals surface area contributed by atoms with Crippen LogP contribution in [-0.2, 0) is 14.8 Å². The smallest absolute Gasteiger partial charge is 0.281 e. The van der Waals surface area contributed by atoms with Crippen LogP contribution in [0.15, 0.2) is 35.4 Å². The highest BCUT2D eigenvalue weighted by Gasteiger charge is 2.04. The Morgan fingerprint density at radius 1 is 1.50 bits per heavy atom. The van der Waals surface area contributed by atoms with Crippen LogP contribution in [-0.4, -0.2) is 11.5 Å². The average molecular weight is 316 g/mol. The van der Waals surface area contributed by atoms with Crippen molar-refractivity contribution in [2.24, 2.45) is 0 Å². The first kappa shape index (κ1) is 16.8. The van der Waals surface area contributed by atoms with Gasteiger partial charge < -0.3 is 9.61 Å². The number of non-ortho nitro benzene ring substituents is 1. The van der Waals surface area contributed by atoms with E-state index in [2.05, 4.69) is 5.09 Å². The van der Waals surface area contributed by atoms with Gasteiger partial charge in [0.1, 0.15) is 0 Å². The summed E-state index contributed by atoms with van der Waals surface area (Å²) < 4.78 is 16.2. The van der Waals surface area contributed by atoms with Crippen molar-refractivity contribution in [1.29, 1.82) is 0 Å². The summed E-state index contributed by atoms with van der Waals surface area (Å²) in [6.45, 7) is 4.09. The molecule has 0 amide bonds. The quantitative estimate of drug-likeness (QED) is 0.447. The van der Waals surface area contributed by atoms with Crippen molar-refractivity contribution in [3.05, 3.63) is 51.0 Å². The molecular weight excluding hydrogens is 299 g/mol. The van der Waals surface area contributed by atoms with Crippen molar-refractivity contribution in [3.8, 4) is 0 Å². The van der Waals surface area contributed by atoms with E-state index in [1.54, 1.807) is 37.0 Å². The normalized spacial score (nSPS) is 13.0. The summed E-state index contributed by atoms with van der Waals surface area (Å²) in [5.41, 5.74) is 1.08. The van der Waals surface area contributed by atoms with Gasteiger partial charge in [0.05, 0.1) is 11.5 Å². The molecule has 0 aliphatic rings. The molecule has 0 heterocycles. The number of hydrogen-bond acceptors (Lipinski definition) is 5. The zero-order valence-electron chi connectivity index (χ0n) is 11.3. The Morgan fingerprint density at radius 3 is 2.70 bits per heavy atom. The van der Waals surface area contributed by atoms with E-state index in [0.29, 0.717) is 12.4 Å². The number of thioether (sulfide) groups is 1. The van der Waals surface area contributed by atoms with Crippen LogP contribution in [0, 0.1) is 10.1 Å². The molecule has 1 unspecified atom stereocenters. The Kier molecular flexibility index (Phi) is 7.36. The number of rotatable bonds is 8. The molecule has 1 N–H and O–H groups in total. The van der Waals surface area contributed by atoms with E-state index >= 15 is 0 Å². The molecule has 110 valence electrons. The molecule has 1 atom stereocenters. The molecule has 6 nitrogen and oxygen atoms in total. The van der Waals surface area contributed by atoms with Crippen molar-refractivity contribution in [2.75, 3.05) is 6.61 Å². The van der Waals surface area contributed by atoms with Gasteiger partial charge in [-0.2, -0.15) is 0 Å². The molecule has 0 fully saturated rings. The van der Waals surface area contributed by atoms with Crippen molar-refractivity contribution in [3.63, 3.8) is 0 Å². The summed E-state index contributed by atoms with van der Waals surface area (Å²) in [4.78, 5) is 11.1. The van der Waals surface area contributed by atoms with Gasteiger partial charge in [-0.25, -0.2) is 0 Å². The minimum Gasteiger partial charge on any atom is -0.323 e. The number of allylic oxidation sites excluding steroid dienone is 1. The average Bonchev–Trinajstić information content (AvgIpc) is 2.43. The van der Waals surface area contributed by atoms with Crippen LogP contribution in [0.2, 0.25) is 0 Å². The zero-order valence-corrected chi connectivity index (χ0v) is 13.1. The number of nitrogens with zero attached hydrogens (tertiary/aromatic N) is 1. The Hall–Kier alpha value is -1.30. The van der Waals surface area contributed by atoms with Gasteiger partial charge in [0.15, 0.2) is 0 Å². The van der Waals surface area contributed by atoms with Gasteiger partial charge in [0.2, 0.25) is 0 Å². The van der Waals surface area contributed by atoms with Crippen molar-refractivity contribution in [2.45, 2.75) is 19.6 Å². The number of hydrogen-bond donors (Lipinski definition) is 1. The second-order valence-electron chi connectivity index (χ2n) is 3.83. The molecule has 0 aliphatic carbocycles. The highest BCUT2D eigenvalue weighted by atomic mass is 32.2. The minimum absolute atomic E-state index is 0.0861. The first-order valence-corrected chi connectivity index (χ1v) is 8.29. The Morgan fingerprint density at radius 2 is 2.15 bits per heavy atom. The SMILES string of the molecule is CCO[PH](=O)N/C=C(\C)SCc1ccc([N+](=O)[O-])cc1. The fourth-order valence-electron chi connectivity index (χ4n) is 1.29. The Labute approximate surface area is 122 Å². The third-order valence-corrected chi connectivity index (χ3v) is 4.26. The van der Waals surface area contributed by atoms with Gasteiger partial charge in [-0.1, -0.05) is 12.1 Å². The van der Waals surface area contributed by atoms with Crippen LogP contribution in [0.5, 0.6) is 0 Å². The van der Waals surface area contributed by atoms with E-state index in [4.69, 9.17) is 4.52 Å². The summed E-state index contributed by atoms with van der Waals surface area (Å²) in [5.74, 6) is 0.692. The molecular formula is C12H17N2O4PS. The zero-order chi connectivity index (χ0) is 15.0. The summed E-state index contributed by atoms with van der Waals surface area (Å²) in [7, 11) is -2.20. The number of nitro benzene ring substituents is 1. The first-order chi connectivity index (χ1) is 9.52. The lowest BCUT2D eigenvalue weighted by Gasteiger charge is -2.04. The van der Waals surface area contributed by atoms with E-state index in [1.165, 1.54) is 12.1 Å². The fourth-order valence-corrected chi connectivity index (χ4v) is 2.80. The second-order valence-corrected chi connectivity index (χ2v) is 6.21. The van der Waals surface area contributed by atoms with Crippen LogP contribution in [0.3, 0.4) is 0 Å². The lowest BCUT2D eigenvalue weighted by Crippen LogP contribution is -1.95. The molecule has 8 heteroatoms. The Bertz CT molecular complexity index is 505. The molecule has 0 radical (unpaired) electrons. The lowest BCUT2D eigenvalue weighted by molar-refractivity contribution is -0.384. The monoisotopic (exact) mass is 316 g/mol. The Balaban J connectivity index is 2.44. The molecule has 0 saturated carbocycles. The summed E-state index contributed by atoms with van der Waals surface area (Å²) >= 11 is 1.55. The molecule has 0 saturated heterocycles. The van der Waals surface area contributed by atoms with Gasteiger partial charge >= 0.3 is 0 Å². The van der Waals surface area contributed by atoms with Crippen LogP contribution in [0.1, 0.15) is 19.4 Å². The minimum atomic E-state index is -2.20. The van der Waals surface area contributed by atoms with E-state index in [-0.39, 0.29) is 5.69 Å². The van der Waals surface area contributed by atoms with Crippen molar-refractivity contribution in [1.82, 2.24) is 5.09 Å². The van der Waals surface area contributed by atoms with Crippen molar-refractivity contribution >= 4 is 25.6 Å². The molecule has 0 spiro atoms. The number of nitrogens with one attached hydrogen (secondary N) is 1. The van der Waals surface area contributed by atoms with Crippen LogP contribution >= 0.6 is 19.9 Å². The van der Waals surface area contributed by atoms with E-state index in [9.17, 15) is 14.7 Å². The van der Waals surface area contributed by atoms with Crippen LogP contribution in [0.25, 0.3) is 0 Å². The van der Waals surface area contributed by atoms with E-state index in [1.807, 2.05) is 6.92 Å². The maximum atomic E-state index is 11.3. The second kappa shape index (κ2) is 8.79. The largest absolute Gasteiger partial charge is 0.323 e. The standard InChI is InChI=1S/C12H17N2O4PS/c1-3-18-19(17)13-8-10(2)20-9-11-4-6-12(7-5-11)14(15)16/h4-8,19H,3,9H2,1-2H3,(H,13,17)/b10-8+. The number of nitro groups is 1. The third-order valence-electron chi connectivity index (χ3n) is 2.28. The van der Waals surface area contributed by atoms with Crippen molar-refractivity contribution < 1.29 is 14.0 Å². The van der Waals surface area contributed by atoms with Gasteiger partial charge in [0, 0.05) is 24.1 Å². The molecule has 0 aliphatic heterocycles. The third kappa shape index (κ3) is 6.23. The fraction of sp³-hybridized carbons (Fsp3) is 0.333. The van der Waals surface area contributed by atoms with Gasteiger partial charge in [-0.05, 0) is 24.3 Å². The molecule has 1 rings (SSSR count). The van der Waals surface area contributed by atoms with E-state index < -0.39 is 13.1 Å². The topological polar surface area (TPSA) is 81.5 Å². The maximum Gasteiger partial charge on any atom is 0.281 e. The summed E-state index contributed by atoms with van der Waals surface area (Å²) in [6.07, 6.45) is 1.66. The number of benzene rings is 1. The lowest BCUT2D eigenvalue weighted by atomic mass is 10.2. The molecule has 0 aromatic heterocycles. The summed E-state index contributed by atoms with van der Waals surface area (Å²) in [6, 6.07) is 6.44. The predicted molar refractivity (Wildman–Crippen MR) is 81.9 cm³/mol. The first-order valence-electron chi connectivity index (χ1n) is 5.99. The molecule has 1 aromatic rings. The van der Waals surface area contributed by atoms with Crippen LogP contribution in [0.4, 0.5) is 5.69 Å². The van der Waals surface area contributed by atoms with E-state index in [0.717, 1.165) is 10.5 Å².